The lowest BCUT2D eigenvalue weighted by molar-refractivity contribution is 0.112. The first-order valence-corrected chi connectivity index (χ1v) is 5.10. The van der Waals surface area contributed by atoms with Crippen molar-refractivity contribution in [3.05, 3.63) is 58.9 Å². The molecule has 2 aromatic carbocycles. The Labute approximate surface area is 97.5 Å². The Morgan fingerprint density at radius 1 is 1.00 bits per heavy atom. The molecule has 0 bridgehead atoms. The third kappa shape index (κ3) is 1.84. The first-order valence-electron chi connectivity index (χ1n) is 4.72. The molecule has 0 fully saturated rings. The van der Waals surface area contributed by atoms with E-state index >= 15 is 0 Å². The molecule has 0 aromatic heterocycles. The van der Waals surface area contributed by atoms with Gasteiger partial charge in [-0.3, -0.25) is 4.79 Å². The number of carbonyl (C=O) groups excluding carboxylic acids is 1. The van der Waals surface area contributed by atoms with Gasteiger partial charge in [0.15, 0.2) is 6.29 Å². The van der Waals surface area contributed by atoms with Gasteiger partial charge in [0.25, 0.3) is 0 Å². The number of aldehydes is 1. The summed E-state index contributed by atoms with van der Waals surface area (Å²) >= 11 is 5.87. The van der Waals surface area contributed by atoms with Crippen LogP contribution in [-0.4, -0.2) is 6.29 Å². The Morgan fingerprint density at radius 2 is 1.69 bits per heavy atom. The molecule has 0 aliphatic heterocycles. The van der Waals surface area contributed by atoms with Crippen LogP contribution >= 0.6 is 11.6 Å². The van der Waals surface area contributed by atoms with Crippen molar-refractivity contribution < 1.29 is 9.18 Å². The molecule has 0 amide bonds. The van der Waals surface area contributed by atoms with Crippen LogP contribution in [0.3, 0.4) is 0 Å². The van der Waals surface area contributed by atoms with E-state index in [-0.39, 0.29) is 5.02 Å². The van der Waals surface area contributed by atoms with Crippen molar-refractivity contribution in [3.63, 3.8) is 0 Å². The van der Waals surface area contributed by atoms with Crippen LogP contribution in [0.5, 0.6) is 0 Å². The Balaban J connectivity index is 2.67. The molecule has 0 aliphatic carbocycles. The fraction of sp³-hybridized carbons (Fsp3) is 0. The zero-order valence-corrected chi connectivity index (χ0v) is 9.04. The van der Waals surface area contributed by atoms with Crippen LogP contribution in [0, 0.1) is 5.82 Å². The van der Waals surface area contributed by atoms with Gasteiger partial charge in [0.1, 0.15) is 5.82 Å². The predicted octanol–water partition coefficient (Wildman–Crippen LogP) is 3.96. The van der Waals surface area contributed by atoms with Gasteiger partial charge in [-0.1, -0.05) is 48.0 Å². The SMILES string of the molecule is O=Cc1ccccc1-c1cccc(F)c1Cl. The minimum absolute atomic E-state index is 0.0387. The maximum absolute atomic E-state index is 13.3. The molecule has 2 aromatic rings. The average molecular weight is 235 g/mol. The second-order valence-corrected chi connectivity index (χ2v) is 3.68. The molecule has 0 unspecified atom stereocenters. The van der Waals surface area contributed by atoms with Gasteiger partial charge in [-0.15, -0.1) is 0 Å². The van der Waals surface area contributed by atoms with Crippen LogP contribution in [0.4, 0.5) is 4.39 Å². The highest BCUT2D eigenvalue weighted by molar-refractivity contribution is 6.33. The summed E-state index contributed by atoms with van der Waals surface area (Å²) in [6.45, 7) is 0. The summed E-state index contributed by atoms with van der Waals surface area (Å²) in [4.78, 5) is 10.9. The van der Waals surface area contributed by atoms with E-state index in [4.69, 9.17) is 11.6 Å². The second-order valence-electron chi connectivity index (χ2n) is 3.31. The van der Waals surface area contributed by atoms with Gasteiger partial charge < -0.3 is 0 Å². The van der Waals surface area contributed by atoms with Crippen LogP contribution in [-0.2, 0) is 0 Å². The molecule has 1 nitrogen and oxygen atoms in total. The Bertz CT molecular complexity index is 537. The van der Waals surface area contributed by atoms with Crippen molar-refractivity contribution in [2.75, 3.05) is 0 Å². The van der Waals surface area contributed by atoms with E-state index in [0.717, 1.165) is 6.29 Å². The molecule has 2 rings (SSSR count). The minimum Gasteiger partial charge on any atom is -0.298 e. The highest BCUT2D eigenvalue weighted by atomic mass is 35.5. The average Bonchev–Trinajstić information content (AvgIpc) is 2.33. The summed E-state index contributed by atoms with van der Waals surface area (Å²) < 4.78 is 13.3. The van der Waals surface area contributed by atoms with Crippen molar-refractivity contribution in [2.45, 2.75) is 0 Å². The highest BCUT2D eigenvalue weighted by Gasteiger charge is 2.10. The lowest BCUT2D eigenvalue weighted by atomic mass is 10.0. The van der Waals surface area contributed by atoms with Gasteiger partial charge >= 0.3 is 0 Å². The van der Waals surface area contributed by atoms with E-state index in [1.807, 2.05) is 0 Å². The van der Waals surface area contributed by atoms with Crippen LogP contribution < -0.4 is 0 Å². The van der Waals surface area contributed by atoms with Crippen molar-refractivity contribution in [1.29, 1.82) is 0 Å². The summed E-state index contributed by atoms with van der Waals surface area (Å²) in [6.07, 6.45) is 0.733. The van der Waals surface area contributed by atoms with Gasteiger partial charge in [0.05, 0.1) is 5.02 Å². The normalized spacial score (nSPS) is 10.1. The Morgan fingerprint density at radius 3 is 2.44 bits per heavy atom. The standard InChI is InChI=1S/C13H8ClFO/c14-13-11(6-3-7-12(13)15)10-5-2-1-4-9(10)8-16/h1-8H. The number of carbonyl (C=O) groups is 1. The largest absolute Gasteiger partial charge is 0.298 e. The van der Waals surface area contributed by atoms with E-state index in [2.05, 4.69) is 0 Å². The smallest absolute Gasteiger partial charge is 0.150 e. The highest BCUT2D eigenvalue weighted by Crippen LogP contribution is 2.31. The molecule has 16 heavy (non-hydrogen) atoms. The fourth-order valence-electron chi connectivity index (χ4n) is 1.56. The van der Waals surface area contributed by atoms with Gasteiger partial charge in [-0.25, -0.2) is 4.39 Å². The molecule has 0 saturated carbocycles. The topological polar surface area (TPSA) is 17.1 Å². The number of halogens is 2. The van der Waals surface area contributed by atoms with E-state index < -0.39 is 5.82 Å². The van der Waals surface area contributed by atoms with E-state index in [9.17, 15) is 9.18 Å². The zero-order chi connectivity index (χ0) is 11.5. The molecule has 80 valence electrons. The molecule has 3 heteroatoms. The van der Waals surface area contributed by atoms with E-state index in [1.54, 1.807) is 36.4 Å². The summed E-state index contributed by atoms with van der Waals surface area (Å²) in [5, 5.41) is 0.0387. The molecule has 0 N–H and O–H groups in total. The first-order chi connectivity index (χ1) is 7.74. The third-order valence-corrected chi connectivity index (χ3v) is 2.71. The molecule has 0 spiro atoms. The lowest BCUT2D eigenvalue weighted by Crippen LogP contribution is -1.89. The van der Waals surface area contributed by atoms with Crippen LogP contribution in [0.15, 0.2) is 42.5 Å². The lowest BCUT2D eigenvalue weighted by Gasteiger charge is -2.07. The number of hydrogen-bond acceptors (Lipinski definition) is 1. The van der Waals surface area contributed by atoms with E-state index in [1.165, 1.54) is 6.07 Å². The third-order valence-electron chi connectivity index (χ3n) is 2.33. The minimum atomic E-state index is -0.486. The zero-order valence-electron chi connectivity index (χ0n) is 8.28. The van der Waals surface area contributed by atoms with Crippen molar-refractivity contribution in [3.8, 4) is 11.1 Å². The van der Waals surface area contributed by atoms with Crippen LogP contribution in [0.25, 0.3) is 11.1 Å². The van der Waals surface area contributed by atoms with E-state index in [0.29, 0.717) is 16.7 Å². The molecule has 0 radical (unpaired) electrons. The van der Waals surface area contributed by atoms with Gasteiger partial charge in [0.2, 0.25) is 0 Å². The number of benzene rings is 2. The molecule has 0 aliphatic rings. The maximum atomic E-state index is 13.3. The molecular weight excluding hydrogens is 227 g/mol. The number of hydrogen-bond donors (Lipinski definition) is 0. The summed E-state index contributed by atoms with van der Waals surface area (Å²) in [5.41, 5.74) is 1.67. The molecule has 0 heterocycles. The van der Waals surface area contributed by atoms with Gasteiger partial charge in [-0.05, 0) is 11.6 Å². The van der Waals surface area contributed by atoms with Crippen LogP contribution in [0.2, 0.25) is 5.02 Å². The van der Waals surface area contributed by atoms with Crippen molar-refractivity contribution in [1.82, 2.24) is 0 Å². The first kappa shape index (κ1) is 10.8. The number of rotatable bonds is 2. The van der Waals surface area contributed by atoms with Crippen LogP contribution in [0.1, 0.15) is 10.4 Å². The monoisotopic (exact) mass is 234 g/mol. The predicted molar refractivity (Wildman–Crippen MR) is 62.2 cm³/mol. The summed E-state index contributed by atoms with van der Waals surface area (Å²) in [5.74, 6) is -0.486. The van der Waals surface area contributed by atoms with Gasteiger partial charge in [0, 0.05) is 11.1 Å². The Kier molecular flexibility index (Phi) is 3.02. The summed E-state index contributed by atoms with van der Waals surface area (Å²) in [7, 11) is 0. The van der Waals surface area contributed by atoms with Crippen molar-refractivity contribution >= 4 is 17.9 Å². The Hall–Kier alpha value is -1.67. The van der Waals surface area contributed by atoms with Gasteiger partial charge in [-0.2, -0.15) is 0 Å². The molecule has 0 saturated heterocycles. The van der Waals surface area contributed by atoms with Crippen molar-refractivity contribution in [2.24, 2.45) is 0 Å². The maximum Gasteiger partial charge on any atom is 0.150 e. The summed E-state index contributed by atoms with van der Waals surface area (Å²) in [6, 6.07) is 11.5. The molecular formula is C13H8ClFO. The molecule has 0 atom stereocenters. The fourth-order valence-corrected chi connectivity index (χ4v) is 1.78. The quantitative estimate of drug-likeness (QED) is 0.719. The second kappa shape index (κ2) is 4.45.